The Balaban J connectivity index is 2.15. The molecule has 0 bridgehead atoms. The van der Waals surface area contributed by atoms with Gasteiger partial charge in [0, 0.05) is 12.6 Å². The van der Waals surface area contributed by atoms with E-state index in [9.17, 15) is 13.2 Å². The highest BCUT2D eigenvalue weighted by atomic mass is 32.2. The van der Waals surface area contributed by atoms with E-state index in [2.05, 4.69) is 0 Å². The molecule has 1 atom stereocenters. The first-order valence-electron chi connectivity index (χ1n) is 5.58. The van der Waals surface area contributed by atoms with Gasteiger partial charge in [-0.3, -0.25) is 4.79 Å². The lowest BCUT2D eigenvalue weighted by Gasteiger charge is -2.25. The van der Waals surface area contributed by atoms with Crippen molar-refractivity contribution in [3.05, 3.63) is 24.2 Å². The number of carbonyl (C=O) groups is 1. The second-order valence-corrected chi connectivity index (χ2v) is 6.35. The van der Waals surface area contributed by atoms with Gasteiger partial charge in [0.25, 0.3) is 5.91 Å². The molecule has 1 aliphatic rings. The topological polar surface area (TPSA) is 67.6 Å². The van der Waals surface area contributed by atoms with Gasteiger partial charge in [0.2, 0.25) is 0 Å². The van der Waals surface area contributed by atoms with E-state index in [1.165, 1.54) is 6.26 Å². The van der Waals surface area contributed by atoms with Gasteiger partial charge in [-0.1, -0.05) is 0 Å². The Labute approximate surface area is 100 Å². The summed E-state index contributed by atoms with van der Waals surface area (Å²) in [4.78, 5) is 13.6. The highest BCUT2D eigenvalue weighted by Crippen LogP contribution is 2.19. The van der Waals surface area contributed by atoms with Crippen molar-refractivity contribution in [2.75, 3.05) is 18.1 Å². The number of hydrogen-bond donors (Lipinski definition) is 0. The number of rotatable bonds is 3. The van der Waals surface area contributed by atoms with Crippen molar-refractivity contribution in [3.8, 4) is 0 Å². The van der Waals surface area contributed by atoms with Gasteiger partial charge in [-0.2, -0.15) is 0 Å². The first-order valence-corrected chi connectivity index (χ1v) is 7.40. The van der Waals surface area contributed by atoms with E-state index >= 15 is 0 Å². The van der Waals surface area contributed by atoms with Crippen LogP contribution < -0.4 is 0 Å². The molecule has 0 saturated carbocycles. The van der Waals surface area contributed by atoms with Gasteiger partial charge in [0.05, 0.1) is 17.8 Å². The summed E-state index contributed by atoms with van der Waals surface area (Å²) in [6.45, 7) is 2.32. The minimum Gasteiger partial charge on any atom is -0.459 e. The summed E-state index contributed by atoms with van der Waals surface area (Å²) in [5.74, 6) is 0.253. The maximum atomic E-state index is 12.1. The highest BCUT2D eigenvalue weighted by molar-refractivity contribution is 7.91. The van der Waals surface area contributed by atoms with Crippen LogP contribution in [0, 0.1) is 0 Å². The van der Waals surface area contributed by atoms with Crippen LogP contribution >= 0.6 is 0 Å². The first-order chi connectivity index (χ1) is 8.03. The Kier molecular flexibility index (Phi) is 3.24. The van der Waals surface area contributed by atoms with Crippen molar-refractivity contribution in [3.63, 3.8) is 0 Å². The molecule has 6 heteroatoms. The zero-order valence-electron chi connectivity index (χ0n) is 9.63. The standard InChI is InChI=1S/C11H15NO4S/c1-2-12(9-5-7-17(14,15)8-9)11(13)10-4-3-6-16-10/h3-4,6,9H,2,5,7-8H2,1H3/t9-/m0/s1. The fraction of sp³-hybridized carbons (Fsp3) is 0.545. The van der Waals surface area contributed by atoms with Gasteiger partial charge in [-0.15, -0.1) is 0 Å². The maximum absolute atomic E-state index is 12.1. The largest absolute Gasteiger partial charge is 0.459 e. The number of nitrogens with zero attached hydrogens (tertiary/aromatic N) is 1. The van der Waals surface area contributed by atoms with E-state index in [-0.39, 0.29) is 29.2 Å². The van der Waals surface area contributed by atoms with Crippen molar-refractivity contribution in [1.29, 1.82) is 0 Å². The average molecular weight is 257 g/mol. The van der Waals surface area contributed by atoms with Crippen molar-refractivity contribution >= 4 is 15.7 Å². The molecule has 1 aliphatic heterocycles. The normalized spacial score (nSPS) is 22.5. The quantitative estimate of drug-likeness (QED) is 0.807. The lowest BCUT2D eigenvalue weighted by Crippen LogP contribution is -2.40. The fourth-order valence-electron chi connectivity index (χ4n) is 2.13. The molecule has 1 fully saturated rings. The van der Waals surface area contributed by atoms with E-state index < -0.39 is 9.84 Å². The van der Waals surface area contributed by atoms with Crippen LogP contribution in [0.4, 0.5) is 0 Å². The molecule has 0 unspecified atom stereocenters. The van der Waals surface area contributed by atoms with Gasteiger partial charge in [-0.05, 0) is 25.5 Å². The summed E-state index contributed by atoms with van der Waals surface area (Å²) in [6, 6.07) is 3.02. The summed E-state index contributed by atoms with van der Waals surface area (Å²) in [5.41, 5.74) is 0. The molecule has 0 N–H and O–H groups in total. The Bertz CT molecular complexity index is 492. The van der Waals surface area contributed by atoms with Gasteiger partial charge in [-0.25, -0.2) is 8.42 Å². The molecule has 0 radical (unpaired) electrons. The van der Waals surface area contributed by atoms with E-state index in [0.717, 1.165) is 0 Å². The Morgan fingerprint density at radius 2 is 2.35 bits per heavy atom. The Morgan fingerprint density at radius 1 is 1.59 bits per heavy atom. The van der Waals surface area contributed by atoms with Crippen molar-refractivity contribution in [2.45, 2.75) is 19.4 Å². The van der Waals surface area contributed by atoms with Crippen LogP contribution in [0.25, 0.3) is 0 Å². The minimum atomic E-state index is -2.98. The van der Waals surface area contributed by atoms with Crippen LogP contribution in [-0.2, 0) is 9.84 Å². The molecule has 2 heterocycles. The molecule has 2 rings (SSSR count). The zero-order chi connectivity index (χ0) is 12.5. The summed E-state index contributed by atoms with van der Waals surface area (Å²) in [6.07, 6.45) is 1.95. The molecular formula is C11H15NO4S. The molecule has 1 aromatic heterocycles. The predicted octanol–water partition coefficient (Wildman–Crippen LogP) is 0.929. The SMILES string of the molecule is CCN(C(=O)c1ccco1)[C@H]1CCS(=O)(=O)C1. The average Bonchev–Trinajstić information content (AvgIpc) is 2.88. The summed E-state index contributed by atoms with van der Waals surface area (Å²) < 4.78 is 27.9. The smallest absolute Gasteiger partial charge is 0.289 e. The van der Waals surface area contributed by atoms with Crippen molar-refractivity contribution in [2.24, 2.45) is 0 Å². The van der Waals surface area contributed by atoms with E-state index in [1.54, 1.807) is 17.0 Å². The van der Waals surface area contributed by atoms with Crippen LogP contribution in [0.2, 0.25) is 0 Å². The maximum Gasteiger partial charge on any atom is 0.289 e. The summed E-state index contributed by atoms with van der Waals surface area (Å²) in [5, 5.41) is 0. The molecule has 1 aromatic rings. The lowest BCUT2D eigenvalue weighted by atomic mass is 10.2. The third kappa shape index (κ3) is 2.52. The van der Waals surface area contributed by atoms with E-state index in [4.69, 9.17) is 4.42 Å². The van der Waals surface area contributed by atoms with Crippen LogP contribution in [0.1, 0.15) is 23.9 Å². The molecule has 1 saturated heterocycles. The molecule has 0 aromatic carbocycles. The lowest BCUT2D eigenvalue weighted by molar-refractivity contribution is 0.0676. The van der Waals surface area contributed by atoms with Crippen LogP contribution in [0.5, 0.6) is 0 Å². The number of carbonyl (C=O) groups excluding carboxylic acids is 1. The predicted molar refractivity (Wildman–Crippen MR) is 62.5 cm³/mol. The Morgan fingerprint density at radius 3 is 2.82 bits per heavy atom. The van der Waals surface area contributed by atoms with Crippen LogP contribution in [0.15, 0.2) is 22.8 Å². The zero-order valence-corrected chi connectivity index (χ0v) is 10.4. The molecule has 1 amide bonds. The van der Waals surface area contributed by atoms with E-state index in [0.29, 0.717) is 13.0 Å². The third-order valence-electron chi connectivity index (χ3n) is 2.98. The third-order valence-corrected chi connectivity index (χ3v) is 4.73. The van der Waals surface area contributed by atoms with Gasteiger partial charge >= 0.3 is 0 Å². The van der Waals surface area contributed by atoms with E-state index in [1.807, 2.05) is 6.92 Å². The van der Waals surface area contributed by atoms with Crippen LogP contribution in [0.3, 0.4) is 0 Å². The second-order valence-electron chi connectivity index (χ2n) is 4.13. The molecular weight excluding hydrogens is 242 g/mol. The molecule has 5 nitrogen and oxygen atoms in total. The van der Waals surface area contributed by atoms with Gasteiger partial charge in [0.1, 0.15) is 0 Å². The number of sulfone groups is 1. The van der Waals surface area contributed by atoms with Crippen molar-refractivity contribution < 1.29 is 17.6 Å². The van der Waals surface area contributed by atoms with Gasteiger partial charge in [0.15, 0.2) is 15.6 Å². The second kappa shape index (κ2) is 4.52. The summed E-state index contributed by atoms with van der Waals surface area (Å²) >= 11 is 0. The van der Waals surface area contributed by atoms with Crippen molar-refractivity contribution in [1.82, 2.24) is 4.90 Å². The number of furan rings is 1. The molecule has 0 spiro atoms. The highest BCUT2D eigenvalue weighted by Gasteiger charge is 2.34. The number of hydrogen-bond acceptors (Lipinski definition) is 4. The molecule has 0 aliphatic carbocycles. The first kappa shape index (κ1) is 12.2. The number of amides is 1. The van der Waals surface area contributed by atoms with Crippen LogP contribution in [-0.4, -0.2) is 43.3 Å². The fourth-order valence-corrected chi connectivity index (χ4v) is 3.86. The summed E-state index contributed by atoms with van der Waals surface area (Å²) in [7, 11) is -2.98. The minimum absolute atomic E-state index is 0.0628. The van der Waals surface area contributed by atoms with Gasteiger partial charge < -0.3 is 9.32 Å². The Hall–Kier alpha value is -1.30. The monoisotopic (exact) mass is 257 g/mol. The molecule has 17 heavy (non-hydrogen) atoms. The molecule has 94 valence electrons.